The molecule has 0 aliphatic heterocycles. The summed E-state index contributed by atoms with van der Waals surface area (Å²) in [5.74, 6) is 0.0490. The second-order valence-corrected chi connectivity index (χ2v) is 4.90. The molecule has 1 nitrogen and oxygen atoms in total. The first-order valence-corrected chi connectivity index (χ1v) is 5.78. The lowest BCUT2D eigenvalue weighted by Gasteiger charge is -2.16. The molecule has 0 amide bonds. The Bertz CT molecular complexity index is 407. The van der Waals surface area contributed by atoms with Crippen LogP contribution >= 0.6 is 0 Å². The lowest BCUT2D eigenvalue weighted by molar-refractivity contribution is 0.562. The molecular weight excluding hydrogens is 189 g/mol. The average Bonchev–Trinajstić information content (AvgIpc) is 2.89. The van der Waals surface area contributed by atoms with Gasteiger partial charge in [-0.05, 0) is 48.8 Å². The van der Waals surface area contributed by atoms with Crippen molar-refractivity contribution in [3.63, 3.8) is 0 Å². The van der Waals surface area contributed by atoms with Gasteiger partial charge in [-0.2, -0.15) is 0 Å². The second kappa shape index (κ2) is 3.05. The zero-order valence-corrected chi connectivity index (χ0v) is 8.85. The zero-order valence-electron chi connectivity index (χ0n) is 8.85. The third-order valence-electron chi connectivity index (χ3n) is 4.03. The summed E-state index contributed by atoms with van der Waals surface area (Å²) in [5, 5.41) is 0. The van der Waals surface area contributed by atoms with E-state index >= 15 is 0 Å². The minimum atomic E-state index is -0.0122. The maximum absolute atomic E-state index is 14.2. The highest BCUT2D eigenvalue weighted by Gasteiger charge is 2.45. The van der Waals surface area contributed by atoms with Gasteiger partial charge in [-0.3, -0.25) is 0 Å². The number of aryl methyl sites for hydroxylation is 1. The van der Waals surface area contributed by atoms with Crippen molar-refractivity contribution >= 4 is 0 Å². The Balaban J connectivity index is 2.10. The van der Waals surface area contributed by atoms with Crippen LogP contribution in [0.5, 0.6) is 0 Å². The van der Waals surface area contributed by atoms with E-state index in [0.717, 1.165) is 43.2 Å². The molecule has 1 aromatic rings. The molecule has 0 spiro atoms. The van der Waals surface area contributed by atoms with E-state index in [0.29, 0.717) is 6.54 Å². The molecule has 0 bridgehead atoms. The van der Waals surface area contributed by atoms with Crippen LogP contribution in [0, 0.1) is 5.82 Å². The normalized spacial score (nSPS) is 21.5. The molecule has 0 radical (unpaired) electrons. The fourth-order valence-electron chi connectivity index (χ4n) is 2.77. The minimum absolute atomic E-state index is 0.0122. The van der Waals surface area contributed by atoms with Crippen molar-refractivity contribution in [2.24, 2.45) is 5.73 Å². The number of rotatable bonds is 2. The van der Waals surface area contributed by atoms with Crippen LogP contribution in [0.1, 0.15) is 36.0 Å². The van der Waals surface area contributed by atoms with E-state index in [9.17, 15) is 4.39 Å². The Hall–Kier alpha value is -0.890. The van der Waals surface area contributed by atoms with Gasteiger partial charge in [-0.1, -0.05) is 12.1 Å². The molecule has 1 aromatic carbocycles. The first-order chi connectivity index (χ1) is 7.27. The molecule has 0 atom stereocenters. The van der Waals surface area contributed by atoms with Crippen molar-refractivity contribution in [2.45, 2.75) is 37.5 Å². The molecule has 80 valence electrons. The van der Waals surface area contributed by atoms with Crippen LogP contribution in [0.3, 0.4) is 0 Å². The molecule has 2 aliphatic rings. The van der Waals surface area contributed by atoms with Gasteiger partial charge < -0.3 is 5.73 Å². The van der Waals surface area contributed by atoms with Gasteiger partial charge in [0, 0.05) is 12.0 Å². The molecule has 2 heteroatoms. The fraction of sp³-hybridized carbons (Fsp3) is 0.538. The highest BCUT2D eigenvalue weighted by Crippen LogP contribution is 2.49. The number of nitrogens with two attached hydrogens (primary N) is 1. The standard InChI is InChI=1S/C13H16FN/c14-12-10-3-1-2-9(10)4-5-11(12)13(8-15)6-7-13/h4-5H,1-3,6-8,15H2. The zero-order chi connectivity index (χ0) is 10.5. The molecule has 2 aliphatic carbocycles. The van der Waals surface area contributed by atoms with Gasteiger partial charge in [0.2, 0.25) is 0 Å². The third kappa shape index (κ3) is 1.24. The van der Waals surface area contributed by atoms with Crippen LogP contribution in [-0.2, 0) is 18.3 Å². The van der Waals surface area contributed by atoms with Gasteiger partial charge in [0.05, 0.1) is 0 Å². The summed E-state index contributed by atoms with van der Waals surface area (Å²) in [6.07, 6.45) is 5.17. The number of halogens is 1. The smallest absolute Gasteiger partial charge is 0.130 e. The molecule has 1 saturated carbocycles. The summed E-state index contributed by atoms with van der Waals surface area (Å²) < 4.78 is 14.2. The van der Waals surface area contributed by atoms with Crippen LogP contribution in [0.25, 0.3) is 0 Å². The van der Waals surface area contributed by atoms with Gasteiger partial charge in [-0.25, -0.2) is 4.39 Å². The third-order valence-corrected chi connectivity index (χ3v) is 4.03. The predicted octanol–water partition coefficient (Wildman–Crippen LogP) is 2.30. The van der Waals surface area contributed by atoms with E-state index in [1.165, 1.54) is 5.56 Å². The SMILES string of the molecule is NCC1(c2ccc3c(c2F)CCC3)CC1. The molecule has 0 unspecified atom stereocenters. The van der Waals surface area contributed by atoms with Gasteiger partial charge >= 0.3 is 0 Å². The van der Waals surface area contributed by atoms with E-state index < -0.39 is 0 Å². The van der Waals surface area contributed by atoms with Gasteiger partial charge in [-0.15, -0.1) is 0 Å². The van der Waals surface area contributed by atoms with Gasteiger partial charge in [0.25, 0.3) is 0 Å². The first-order valence-electron chi connectivity index (χ1n) is 5.78. The van der Waals surface area contributed by atoms with Crippen molar-refractivity contribution in [1.29, 1.82) is 0 Å². The summed E-state index contributed by atoms with van der Waals surface area (Å²) in [5.41, 5.74) is 8.79. The molecule has 0 saturated heterocycles. The van der Waals surface area contributed by atoms with E-state index in [1.54, 1.807) is 0 Å². The highest BCUT2D eigenvalue weighted by atomic mass is 19.1. The monoisotopic (exact) mass is 205 g/mol. The summed E-state index contributed by atoms with van der Waals surface area (Å²) in [4.78, 5) is 0. The van der Waals surface area contributed by atoms with E-state index in [-0.39, 0.29) is 11.2 Å². The Labute approximate surface area is 89.5 Å². The molecule has 15 heavy (non-hydrogen) atoms. The van der Waals surface area contributed by atoms with E-state index in [1.807, 2.05) is 6.07 Å². The largest absolute Gasteiger partial charge is 0.330 e. The van der Waals surface area contributed by atoms with Crippen molar-refractivity contribution in [3.8, 4) is 0 Å². The van der Waals surface area contributed by atoms with Crippen molar-refractivity contribution in [1.82, 2.24) is 0 Å². The minimum Gasteiger partial charge on any atom is -0.330 e. The number of fused-ring (bicyclic) bond motifs is 1. The number of hydrogen-bond donors (Lipinski definition) is 1. The molecular formula is C13H16FN. The lowest BCUT2D eigenvalue weighted by atomic mass is 9.92. The van der Waals surface area contributed by atoms with Gasteiger partial charge in [0.15, 0.2) is 0 Å². The Morgan fingerprint density at radius 3 is 2.73 bits per heavy atom. The topological polar surface area (TPSA) is 26.0 Å². The lowest BCUT2D eigenvalue weighted by Crippen LogP contribution is -2.21. The number of hydrogen-bond acceptors (Lipinski definition) is 1. The Morgan fingerprint density at radius 2 is 2.07 bits per heavy atom. The predicted molar refractivity (Wildman–Crippen MR) is 58.4 cm³/mol. The highest BCUT2D eigenvalue weighted by molar-refractivity contribution is 5.42. The van der Waals surface area contributed by atoms with E-state index in [4.69, 9.17) is 5.73 Å². The maximum Gasteiger partial charge on any atom is 0.130 e. The fourth-order valence-corrected chi connectivity index (χ4v) is 2.77. The van der Waals surface area contributed by atoms with Crippen LogP contribution in [-0.4, -0.2) is 6.54 Å². The van der Waals surface area contributed by atoms with Crippen molar-refractivity contribution < 1.29 is 4.39 Å². The maximum atomic E-state index is 14.2. The second-order valence-electron chi connectivity index (χ2n) is 4.90. The molecule has 0 heterocycles. The molecule has 1 fully saturated rings. The Morgan fingerprint density at radius 1 is 1.27 bits per heavy atom. The summed E-state index contributed by atoms with van der Waals surface area (Å²) in [6, 6.07) is 4.08. The Kier molecular flexibility index (Phi) is 1.90. The van der Waals surface area contributed by atoms with Crippen LogP contribution in [0.2, 0.25) is 0 Å². The molecule has 2 N–H and O–H groups in total. The average molecular weight is 205 g/mol. The summed E-state index contributed by atoms with van der Waals surface area (Å²) >= 11 is 0. The molecule has 3 rings (SSSR count). The molecule has 0 aromatic heterocycles. The van der Waals surface area contributed by atoms with Crippen LogP contribution in [0.15, 0.2) is 12.1 Å². The summed E-state index contributed by atoms with van der Waals surface area (Å²) in [7, 11) is 0. The number of benzene rings is 1. The van der Waals surface area contributed by atoms with Gasteiger partial charge in [0.1, 0.15) is 5.82 Å². The van der Waals surface area contributed by atoms with Crippen LogP contribution in [0.4, 0.5) is 4.39 Å². The van der Waals surface area contributed by atoms with Crippen LogP contribution < -0.4 is 5.73 Å². The summed E-state index contributed by atoms with van der Waals surface area (Å²) in [6.45, 7) is 0.586. The van der Waals surface area contributed by atoms with E-state index in [2.05, 4.69) is 6.07 Å². The quantitative estimate of drug-likeness (QED) is 0.787. The first kappa shape index (κ1) is 9.34. The van der Waals surface area contributed by atoms with Crippen molar-refractivity contribution in [3.05, 3.63) is 34.6 Å². The van der Waals surface area contributed by atoms with Crippen molar-refractivity contribution in [2.75, 3.05) is 6.54 Å².